The van der Waals surface area contributed by atoms with Crippen molar-refractivity contribution in [3.63, 3.8) is 0 Å². The standard InChI is InChI=1S/C15H18ClNO5S/c16-11-7-5-10(6-8-11)14(15(19)20)17-13(18)9-23(21,22)12-3-1-2-4-12/h5-8,12,14H,1-4,9H2,(H,17,18)(H,19,20). The van der Waals surface area contributed by atoms with Crippen molar-refractivity contribution in [2.75, 3.05) is 5.75 Å². The normalized spacial score (nSPS) is 16.9. The van der Waals surface area contributed by atoms with Crippen molar-refractivity contribution >= 4 is 33.3 Å². The molecule has 1 amide bonds. The molecule has 1 atom stereocenters. The first-order chi connectivity index (χ1) is 10.8. The van der Waals surface area contributed by atoms with E-state index in [-0.39, 0.29) is 0 Å². The largest absolute Gasteiger partial charge is 0.479 e. The van der Waals surface area contributed by atoms with Gasteiger partial charge in [0.25, 0.3) is 0 Å². The van der Waals surface area contributed by atoms with E-state index in [1.54, 1.807) is 0 Å². The number of amides is 1. The third kappa shape index (κ3) is 4.68. The Morgan fingerprint density at radius 1 is 1.22 bits per heavy atom. The topological polar surface area (TPSA) is 101 Å². The van der Waals surface area contributed by atoms with Crippen LogP contribution in [0.5, 0.6) is 0 Å². The Bertz CT molecular complexity index is 680. The average molecular weight is 360 g/mol. The molecule has 0 bridgehead atoms. The van der Waals surface area contributed by atoms with Crippen molar-refractivity contribution in [3.8, 4) is 0 Å². The van der Waals surface area contributed by atoms with Crippen molar-refractivity contribution in [2.45, 2.75) is 37.0 Å². The number of carbonyl (C=O) groups is 2. The minimum atomic E-state index is -3.55. The first kappa shape index (κ1) is 17.7. The number of aliphatic carboxylic acids is 1. The Balaban J connectivity index is 2.06. The smallest absolute Gasteiger partial charge is 0.330 e. The molecule has 1 aromatic carbocycles. The third-order valence-corrected chi connectivity index (χ3v) is 6.30. The fraction of sp³-hybridized carbons (Fsp3) is 0.467. The molecule has 2 N–H and O–H groups in total. The van der Waals surface area contributed by atoms with Gasteiger partial charge in [0.15, 0.2) is 15.9 Å². The van der Waals surface area contributed by atoms with Crippen LogP contribution in [0.1, 0.15) is 37.3 Å². The highest BCUT2D eigenvalue weighted by atomic mass is 35.5. The molecule has 1 aromatic rings. The van der Waals surface area contributed by atoms with Crippen LogP contribution in [-0.2, 0) is 19.4 Å². The minimum absolute atomic E-state index is 0.327. The summed E-state index contributed by atoms with van der Waals surface area (Å²) in [6.45, 7) is 0. The van der Waals surface area contributed by atoms with Gasteiger partial charge in [-0.25, -0.2) is 13.2 Å². The summed E-state index contributed by atoms with van der Waals surface area (Å²) in [5.41, 5.74) is 0.327. The van der Waals surface area contributed by atoms with Gasteiger partial charge in [-0.1, -0.05) is 36.6 Å². The highest BCUT2D eigenvalue weighted by Crippen LogP contribution is 2.25. The van der Waals surface area contributed by atoms with E-state index < -0.39 is 38.8 Å². The van der Waals surface area contributed by atoms with Gasteiger partial charge in [-0.05, 0) is 30.5 Å². The Labute approximate surface area is 139 Å². The number of carboxylic acid groups (broad SMARTS) is 1. The van der Waals surface area contributed by atoms with E-state index in [1.807, 2.05) is 0 Å². The van der Waals surface area contributed by atoms with E-state index in [9.17, 15) is 23.1 Å². The summed E-state index contributed by atoms with van der Waals surface area (Å²) in [5, 5.41) is 11.5. The summed E-state index contributed by atoms with van der Waals surface area (Å²) in [4.78, 5) is 23.3. The van der Waals surface area contributed by atoms with Gasteiger partial charge >= 0.3 is 5.97 Å². The fourth-order valence-corrected chi connectivity index (χ4v) is 4.56. The molecule has 0 heterocycles. The maximum Gasteiger partial charge on any atom is 0.330 e. The van der Waals surface area contributed by atoms with Crippen LogP contribution in [0.2, 0.25) is 5.02 Å². The molecule has 6 nitrogen and oxygen atoms in total. The van der Waals surface area contributed by atoms with Crippen molar-refractivity contribution in [1.29, 1.82) is 0 Å². The number of carboxylic acids is 1. The SMILES string of the molecule is O=C(CS(=O)(=O)C1CCCC1)NC(C(=O)O)c1ccc(Cl)cc1. The van der Waals surface area contributed by atoms with E-state index in [4.69, 9.17) is 11.6 Å². The van der Waals surface area contributed by atoms with Crippen LogP contribution in [0.3, 0.4) is 0 Å². The van der Waals surface area contributed by atoms with Crippen LogP contribution in [0, 0.1) is 0 Å². The summed E-state index contributed by atoms with van der Waals surface area (Å²) in [5.74, 6) is -2.76. The van der Waals surface area contributed by atoms with Gasteiger partial charge in [0.2, 0.25) is 5.91 Å². The molecule has 8 heteroatoms. The Morgan fingerprint density at radius 3 is 2.30 bits per heavy atom. The Hall–Kier alpha value is -1.60. The zero-order valence-electron chi connectivity index (χ0n) is 12.4. The van der Waals surface area contributed by atoms with Crippen molar-refractivity contribution in [2.24, 2.45) is 0 Å². The predicted octanol–water partition coefficient (Wildman–Crippen LogP) is 1.94. The van der Waals surface area contributed by atoms with Gasteiger partial charge in [-0.2, -0.15) is 0 Å². The van der Waals surface area contributed by atoms with E-state index >= 15 is 0 Å². The minimum Gasteiger partial charge on any atom is -0.479 e. The summed E-state index contributed by atoms with van der Waals surface area (Å²) < 4.78 is 24.3. The molecular formula is C15H18ClNO5S. The number of nitrogens with one attached hydrogen (secondary N) is 1. The molecule has 0 saturated heterocycles. The lowest BCUT2D eigenvalue weighted by Gasteiger charge is -2.16. The molecule has 0 spiro atoms. The first-order valence-electron chi connectivity index (χ1n) is 7.29. The molecule has 0 aliphatic heterocycles. The summed E-state index contributed by atoms with van der Waals surface area (Å²) >= 11 is 5.75. The highest BCUT2D eigenvalue weighted by molar-refractivity contribution is 7.92. The van der Waals surface area contributed by atoms with Crippen molar-refractivity contribution in [3.05, 3.63) is 34.9 Å². The van der Waals surface area contributed by atoms with Crippen LogP contribution < -0.4 is 5.32 Å². The highest BCUT2D eigenvalue weighted by Gasteiger charge is 2.32. The van der Waals surface area contributed by atoms with Gasteiger partial charge in [-0.3, -0.25) is 4.79 Å². The lowest BCUT2D eigenvalue weighted by molar-refractivity contribution is -0.141. The maximum atomic E-state index is 12.2. The quantitative estimate of drug-likeness (QED) is 0.808. The van der Waals surface area contributed by atoms with Crippen LogP contribution in [0.4, 0.5) is 0 Å². The number of hydrogen-bond acceptors (Lipinski definition) is 4. The van der Waals surface area contributed by atoms with Crippen molar-refractivity contribution in [1.82, 2.24) is 5.32 Å². The molecule has 1 aliphatic rings. The van der Waals surface area contributed by atoms with Crippen LogP contribution >= 0.6 is 11.6 Å². The van der Waals surface area contributed by atoms with Gasteiger partial charge in [0.05, 0.1) is 5.25 Å². The van der Waals surface area contributed by atoms with Crippen LogP contribution in [0.25, 0.3) is 0 Å². The van der Waals surface area contributed by atoms with E-state index in [0.717, 1.165) is 12.8 Å². The second-order valence-corrected chi connectivity index (χ2v) is 8.32. The second-order valence-electron chi connectivity index (χ2n) is 5.60. The number of carbonyl (C=O) groups excluding carboxylic acids is 1. The molecule has 1 unspecified atom stereocenters. The third-order valence-electron chi connectivity index (χ3n) is 3.90. The summed E-state index contributed by atoms with van der Waals surface area (Å²) in [6.07, 6.45) is 2.81. The van der Waals surface area contributed by atoms with E-state index in [1.165, 1.54) is 24.3 Å². The van der Waals surface area contributed by atoms with Gasteiger partial charge in [-0.15, -0.1) is 0 Å². The number of benzene rings is 1. The number of hydrogen-bond donors (Lipinski definition) is 2. The van der Waals surface area contributed by atoms with Gasteiger partial charge in [0, 0.05) is 5.02 Å². The van der Waals surface area contributed by atoms with E-state index in [0.29, 0.717) is 23.4 Å². The Morgan fingerprint density at radius 2 is 1.78 bits per heavy atom. The first-order valence-corrected chi connectivity index (χ1v) is 9.38. The van der Waals surface area contributed by atoms with Crippen LogP contribution in [-0.4, -0.2) is 36.4 Å². The van der Waals surface area contributed by atoms with Gasteiger partial charge in [0.1, 0.15) is 5.75 Å². The zero-order valence-corrected chi connectivity index (χ0v) is 13.9. The molecule has 0 aromatic heterocycles. The molecular weight excluding hydrogens is 342 g/mol. The van der Waals surface area contributed by atoms with Crippen molar-refractivity contribution < 1.29 is 23.1 Å². The summed E-state index contributed by atoms with van der Waals surface area (Å²) in [7, 11) is -3.55. The summed E-state index contributed by atoms with van der Waals surface area (Å²) in [6, 6.07) is 4.67. The number of rotatable bonds is 6. The second kappa shape index (κ2) is 7.31. The number of sulfone groups is 1. The lowest BCUT2D eigenvalue weighted by atomic mass is 10.1. The average Bonchev–Trinajstić information content (AvgIpc) is 3.00. The van der Waals surface area contributed by atoms with Gasteiger partial charge < -0.3 is 10.4 Å². The molecule has 126 valence electrons. The Kier molecular flexibility index (Phi) is 5.64. The maximum absolute atomic E-state index is 12.2. The number of halogens is 1. The van der Waals surface area contributed by atoms with Crippen LogP contribution in [0.15, 0.2) is 24.3 Å². The molecule has 1 saturated carbocycles. The molecule has 1 aliphatic carbocycles. The zero-order chi connectivity index (χ0) is 17.0. The molecule has 23 heavy (non-hydrogen) atoms. The monoisotopic (exact) mass is 359 g/mol. The molecule has 1 fully saturated rings. The predicted molar refractivity (Wildman–Crippen MR) is 86.0 cm³/mol. The van der Waals surface area contributed by atoms with E-state index in [2.05, 4.69) is 5.32 Å². The molecule has 0 radical (unpaired) electrons. The molecule has 2 rings (SSSR count). The lowest BCUT2D eigenvalue weighted by Crippen LogP contribution is -2.39. The fourth-order valence-electron chi connectivity index (χ4n) is 2.69.